The molecule has 1 heterocycles. The summed E-state index contributed by atoms with van der Waals surface area (Å²) < 4.78 is 23.3. The molecule has 194 valence electrons. The van der Waals surface area contributed by atoms with Crippen LogP contribution in [-0.2, 0) is 22.4 Å². The number of rotatable bonds is 4. The van der Waals surface area contributed by atoms with Crippen LogP contribution < -0.4 is 18.9 Å². The standard InChI is InChI=1S/C29H37NO6/c1-28(2,3)26(31)35-21-14-17-12-19-23-16(10-11-30(19)7)13-22(36-27(32)29(4,5)6)25(34-9)24(23)18(17)15-20(21)33-8/h13-15,19H,10-12H2,1-9H3/t19-/m0/s1. The second-order valence-corrected chi connectivity index (χ2v) is 11.7. The minimum atomic E-state index is -0.659. The Morgan fingerprint density at radius 3 is 1.97 bits per heavy atom. The summed E-state index contributed by atoms with van der Waals surface area (Å²) in [6.45, 7) is 11.8. The van der Waals surface area contributed by atoms with Gasteiger partial charge >= 0.3 is 11.9 Å². The van der Waals surface area contributed by atoms with Crippen LogP contribution in [0.25, 0.3) is 11.1 Å². The molecule has 36 heavy (non-hydrogen) atoms. The molecule has 0 saturated heterocycles. The van der Waals surface area contributed by atoms with E-state index in [1.807, 2.05) is 59.7 Å². The van der Waals surface area contributed by atoms with E-state index in [2.05, 4.69) is 11.9 Å². The smallest absolute Gasteiger partial charge is 0.316 e. The Hall–Kier alpha value is -3.06. The number of benzene rings is 2. The van der Waals surface area contributed by atoms with Gasteiger partial charge in [-0.05, 0) is 102 Å². The van der Waals surface area contributed by atoms with Gasteiger partial charge in [0.15, 0.2) is 23.0 Å². The number of likely N-dealkylation sites (N-methyl/N-ethyl adjacent to an activating group) is 1. The molecule has 0 amide bonds. The number of esters is 2. The topological polar surface area (TPSA) is 74.3 Å². The molecule has 0 fully saturated rings. The number of carbonyl (C=O) groups excluding carboxylic acids is 2. The molecule has 0 N–H and O–H groups in total. The highest BCUT2D eigenvalue weighted by Gasteiger charge is 2.38. The zero-order chi connectivity index (χ0) is 26.6. The monoisotopic (exact) mass is 495 g/mol. The molecule has 0 spiro atoms. The first-order chi connectivity index (χ1) is 16.8. The fourth-order valence-electron chi connectivity index (χ4n) is 4.73. The first kappa shape index (κ1) is 26.0. The van der Waals surface area contributed by atoms with Gasteiger partial charge in [-0.2, -0.15) is 0 Å². The van der Waals surface area contributed by atoms with Gasteiger partial charge in [-0.1, -0.05) is 0 Å². The number of hydrogen-bond acceptors (Lipinski definition) is 7. The van der Waals surface area contributed by atoms with Gasteiger partial charge in [-0.15, -0.1) is 0 Å². The van der Waals surface area contributed by atoms with Gasteiger partial charge in [-0.3, -0.25) is 14.5 Å². The quantitative estimate of drug-likeness (QED) is 0.418. The lowest BCUT2D eigenvalue weighted by atomic mass is 9.76. The summed E-state index contributed by atoms with van der Waals surface area (Å²) in [6, 6.07) is 5.88. The summed E-state index contributed by atoms with van der Waals surface area (Å²) in [4.78, 5) is 27.8. The Balaban J connectivity index is 1.93. The van der Waals surface area contributed by atoms with Gasteiger partial charge in [0.25, 0.3) is 0 Å². The zero-order valence-corrected chi connectivity index (χ0v) is 22.8. The Kier molecular flexibility index (Phi) is 6.58. The third-order valence-electron chi connectivity index (χ3n) is 6.88. The molecule has 7 heteroatoms. The van der Waals surface area contributed by atoms with E-state index in [0.717, 1.165) is 41.6 Å². The molecule has 2 aromatic carbocycles. The summed E-state index contributed by atoms with van der Waals surface area (Å²) in [5, 5.41) is 0. The summed E-state index contributed by atoms with van der Waals surface area (Å²) in [5.41, 5.74) is 3.87. The summed E-state index contributed by atoms with van der Waals surface area (Å²) in [5.74, 6) is 1.14. The predicted octanol–water partition coefficient (Wildman–Crippen LogP) is 5.36. The van der Waals surface area contributed by atoms with Crippen molar-refractivity contribution in [3.63, 3.8) is 0 Å². The number of carbonyl (C=O) groups is 2. The van der Waals surface area contributed by atoms with Gasteiger partial charge in [0.1, 0.15) is 0 Å². The first-order valence-electron chi connectivity index (χ1n) is 12.4. The molecular weight excluding hydrogens is 458 g/mol. The van der Waals surface area contributed by atoms with Gasteiger partial charge in [0, 0.05) is 18.2 Å². The van der Waals surface area contributed by atoms with Crippen LogP contribution in [-0.4, -0.2) is 44.7 Å². The number of ether oxygens (including phenoxy) is 4. The Bertz CT molecular complexity index is 1220. The maximum Gasteiger partial charge on any atom is 0.316 e. The third kappa shape index (κ3) is 4.57. The Morgan fingerprint density at radius 1 is 0.833 bits per heavy atom. The summed E-state index contributed by atoms with van der Waals surface area (Å²) >= 11 is 0. The fourth-order valence-corrected chi connectivity index (χ4v) is 4.73. The molecule has 0 radical (unpaired) electrons. The average molecular weight is 496 g/mol. The number of methoxy groups -OCH3 is 2. The largest absolute Gasteiger partial charge is 0.493 e. The number of nitrogens with zero attached hydrogens (tertiary/aromatic N) is 1. The van der Waals surface area contributed by atoms with Crippen LogP contribution in [0.2, 0.25) is 0 Å². The fraction of sp³-hybridized carbons (Fsp3) is 0.517. The lowest BCUT2D eigenvalue weighted by Gasteiger charge is -2.40. The van der Waals surface area contributed by atoms with Crippen molar-refractivity contribution in [3.05, 3.63) is 34.9 Å². The minimum Gasteiger partial charge on any atom is -0.493 e. The van der Waals surface area contributed by atoms with E-state index < -0.39 is 10.8 Å². The molecule has 4 rings (SSSR count). The molecule has 1 aliphatic carbocycles. The molecular formula is C29H37NO6. The van der Waals surface area contributed by atoms with E-state index in [4.69, 9.17) is 18.9 Å². The molecule has 2 aromatic rings. The third-order valence-corrected chi connectivity index (χ3v) is 6.88. The SMILES string of the molecule is COc1cc2c(cc1OC(=O)C(C)(C)C)C[C@H]1c3c(cc(OC(=O)C(C)(C)C)c(OC)c3-2)CCN1C. The van der Waals surface area contributed by atoms with Crippen LogP contribution in [0, 0.1) is 10.8 Å². The van der Waals surface area contributed by atoms with Crippen LogP contribution in [0.15, 0.2) is 18.2 Å². The highest BCUT2D eigenvalue weighted by atomic mass is 16.6. The van der Waals surface area contributed by atoms with Crippen molar-refractivity contribution in [2.24, 2.45) is 10.8 Å². The normalized spacial score (nSPS) is 17.1. The molecule has 0 bridgehead atoms. The number of hydrogen-bond donors (Lipinski definition) is 0. The molecule has 1 atom stereocenters. The van der Waals surface area contributed by atoms with Crippen molar-refractivity contribution in [1.82, 2.24) is 4.90 Å². The molecule has 0 unspecified atom stereocenters. The van der Waals surface area contributed by atoms with Crippen molar-refractivity contribution >= 4 is 11.9 Å². The highest BCUT2D eigenvalue weighted by molar-refractivity contribution is 5.88. The Labute approximate surface area is 213 Å². The van der Waals surface area contributed by atoms with Crippen molar-refractivity contribution in [3.8, 4) is 34.1 Å². The summed E-state index contributed by atoms with van der Waals surface area (Å²) in [6.07, 6.45) is 1.59. The van der Waals surface area contributed by atoms with E-state index in [-0.39, 0.29) is 18.0 Å². The lowest BCUT2D eigenvalue weighted by Crippen LogP contribution is -2.36. The van der Waals surface area contributed by atoms with Gasteiger partial charge in [0.2, 0.25) is 0 Å². The van der Waals surface area contributed by atoms with Gasteiger partial charge < -0.3 is 18.9 Å². The highest BCUT2D eigenvalue weighted by Crippen LogP contribution is 2.54. The van der Waals surface area contributed by atoms with Gasteiger partial charge in [-0.25, -0.2) is 0 Å². The van der Waals surface area contributed by atoms with Crippen LogP contribution in [0.1, 0.15) is 64.3 Å². The maximum atomic E-state index is 12.8. The number of fused-ring (bicyclic) bond motifs is 2. The van der Waals surface area contributed by atoms with Crippen LogP contribution in [0.4, 0.5) is 0 Å². The maximum absolute atomic E-state index is 12.8. The van der Waals surface area contributed by atoms with Crippen LogP contribution in [0.3, 0.4) is 0 Å². The molecule has 0 aromatic heterocycles. The molecule has 0 saturated carbocycles. The minimum absolute atomic E-state index is 0.122. The molecule has 2 aliphatic rings. The van der Waals surface area contributed by atoms with Crippen LogP contribution >= 0.6 is 0 Å². The van der Waals surface area contributed by atoms with E-state index in [1.165, 1.54) is 5.56 Å². The lowest BCUT2D eigenvalue weighted by molar-refractivity contribution is -0.143. The summed E-state index contributed by atoms with van der Waals surface area (Å²) in [7, 11) is 5.27. The first-order valence-corrected chi connectivity index (χ1v) is 12.4. The Morgan fingerprint density at radius 2 is 1.42 bits per heavy atom. The molecule has 7 nitrogen and oxygen atoms in total. The van der Waals surface area contributed by atoms with E-state index >= 15 is 0 Å². The van der Waals surface area contributed by atoms with E-state index in [9.17, 15) is 9.59 Å². The predicted molar refractivity (Wildman–Crippen MR) is 138 cm³/mol. The van der Waals surface area contributed by atoms with E-state index in [1.54, 1.807) is 14.2 Å². The van der Waals surface area contributed by atoms with Crippen LogP contribution in [0.5, 0.6) is 23.0 Å². The van der Waals surface area contributed by atoms with Crippen molar-refractivity contribution in [2.75, 3.05) is 27.8 Å². The van der Waals surface area contributed by atoms with Crippen molar-refractivity contribution in [1.29, 1.82) is 0 Å². The second kappa shape index (κ2) is 9.11. The van der Waals surface area contributed by atoms with E-state index in [0.29, 0.717) is 23.0 Å². The van der Waals surface area contributed by atoms with Crippen molar-refractivity contribution < 1.29 is 28.5 Å². The molecule has 1 aliphatic heterocycles. The van der Waals surface area contributed by atoms with Crippen molar-refractivity contribution in [2.45, 2.75) is 60.4 Å². The average Bonchev–Trinajstić information content (AvgIpc) is 2.79. The second-order valence-electron chi connectivity index (χ2n) is 11.7. The van der Waals surface area contributed by atoms with Gasteiger partial charge in [0.05, 0.1) is 25.0 Å². The zero-order valence-electron chi connectivity index (χ0n) is 22.8.